The first-order chi connectivity index (χ1) is 9.45. The molecule has 1 N–H and O–H groups in total. The molecule has 0 aliphatic carbocycles. The minimum absolute atomic E-state index is 0.0324. The minimum atomic E-state index is -1.58. The third-order valence-electron chi connectivity index (χ3n) is 3.40. The molecule has 0 radical (unpaired) electrons. The van der Waals surface area contributed by atoms with E-state index in [-0.39, 0.29) is 18.6 Å². The number of likely N-dealkylation sites (tertiary alicyclic amines) is 1. The topological polar surface area (TPSA) is 97.1 Å². The van der Waals surface area contributed by atoms with Gasteiger partial charge in [-0.2, -0.15) is 0 Å². The van der Waals surface area contributed by atoms with Gasteiger partial charge in [-0.05, 0) is 19.1 Å². The Labute approximate surface area is 113 Å². The lowest BCUT2D eigenvalue weighted by Crippen LogP contribution is -2.33. The highest BCUT2D eigenvalue weighted by Crippen LogP contribution is 2.40. The number of furan rings is 1. The number of ketones is 1. The maximum Gasteiger partial charge on any atom is 0.253 e. The average Bonchev–Trinajstić information content (AvgIpc) is 3.09. The number of nitrogens with zero attached hydrogens (tertiary/aromatic N) is 1. The van der Waals surface area contributed by atoms with Crippen molar-refractivity contribution < 1.29 is 28.6 Å². The Morgan fingerprint density at radius 3 is 2.45 bits per heavy atom. The van der Waals surface area contributed by atoms with Crippen molar-refractivity contribution in [3.05, 3.63) is 35.8 Å². The van der Waals surface area contributed by atoms with E-state index in [2.05, 4.69) is 0 Å². The monoisotopic (exact) mass is 277 g/mol. The number of carbonyl (C=O) groups excluding carboxylic acids is 3. The van der Waals surface area contributed by atoms with Crippen LogP contribution in [0.5, 0.6) is 0 Å². The summed E-state index contributed by atoms with van der Waals surface area (Å²) in [6.45, 7) is 1.41. The second kappa shape index (κ2) is 3.96. The van der Waals surface area contributed by atoms with E-state index in [1.807, 2.05) is 0 Å². The number of hydrogen-bond donors (Lipinski definition) is 1. The third-order valence-corrected chi connectivity index (χ3v) is 3.40. The fourth-order valence-corrected chi connectivity index (χ4v) is 2.28. The molecule has 1 aromatic heterocycles. The van der Waals surface area contributed by atoms with Gasteiger partial charge < -0.3 is 14.3 Å². The summed E-state index contributed by atoms with van der Waals surface area (Å²) < 4.78 is 10.5. The molecule has 104 valence electrons. The summed E-state index contributed by atoms with van der Waals surface area (Å²) in [5, 5.41) is 9.91. The summed E-state index contributed by atoms with van der Waals surface area (Å²) in [6.07, 6.45) is 1.42. The Kier molecular flexibility index (Phi) is 2.47. The molecule has 3 heterocycles. The molecule has 1 aromatic rings. The first-order valence-electron chi connectivity index (χ1n) is 6.02. The van der Waals surface area contributed by atoms with Crippen LogP contribution in [0.4, 0.5) is 0 Å². The van der Waals surface area contributed by atoms with Crippen LogP contribution in [0.1, 0.15) is 25.5 Å². The Morgan fingerprint density at radius 2 is 1.90 bits per heavy atom. The summed E-state index contributed by atoms with van der Waals surface area (Å²) in [7, 11) is 0. The van der Waals surface area contributed by atoms with Gasteiger partial charge in [-0.25, -0.2) is 4.90 Å². The van der Waals surface area contributed by atoms with Crippen LogP contribution in [0.2, 0.25) is 0 Å². The van der Waals surface area contributed by atoms with Gasteiger partial charge in [0.2, 0.25) is 23.2 Å². The predicted molar refractivity (Wildman–Crippen MR) is 62.9 cm³/mol. The van der Waals surface area contributed by atoms with Crippen molar-refractivity contribution in [2.24, 2.45) is 0 Å². The lowest BCUT2D eigenvalue weighted by molar-refractivity contribution is -0.145. The lowest BCUT2D eigenvalue weighted by atomic mass is 9.98. The quantitative estimate of drug-likeness (QED) is 0.809. The average molecular weight is 277 g/mol. The van der Waals surface area contributed by atoms with E-state index in [4.69, 9.17) is 9.15 Å². The molecule has 2 amide bonds. The Bertz CT molecular complexity index is 628. The van der Waals surface area contributed by atoms with Gasteiger partial charge in [0.05, 0.1) is 6.26 Å². The first kappa shape index (κ1) is 12.5. The first-order valence-corrected chi connectivity index (χ1v) is 6.02. The molecule has 0 spiro atoms. The number of imide groups is 1. The van der Waals surface area contributed by atoms with Crippen molar-refractivity contribution in [1.29, 1.82) is 0 Å². The molecule has 1 saturated heterocycles. The molecule has 20 heavy (non-hydrogen) atoms. The van der Waals surface area contributed by atoms with Gasteiger partial charge in [-0.3, -0.25) is 14.4 Å². The van der Waals surface area contributed by atoms with Crippen molar-refractivity contribution in [3.63, 3.8) is 0 Å². The van der Waals surface area contributed by atoms with E-state index >= 15 is 0 Å². The van der Waals surface area contributed by atoms with Gasteiger partial charge in [0.25, 0.3) is 11.7 Å². The number of amides is 2. The number of carbonyl (C=O) groups is 3. The Hall–Kier alpha value is -2.57. The Morgan fingerprint density at radius 1 is 1.25 bits per heavy atom. The number of Topliss-reactive ketones (excluding diaryl/α,β-unsaturated/α-hetero) is 1. The molecule has 1 fully saturated rings. The van der Waals surface area contributed by atoms with Gasteiger partial charge >= 0.3 is 0 Å². The van der Waals surface area contributed by atoms with Gasteiger partial charge in [0.15, 0.2) is 5.76 Å². The van der Waals surface area contributed by atoms with Crippen LogP contribution in [0.25, 0.3) is 0 Å². The number of ether oxygens (including phenoxy) is 1. The van der Waals surface area contributed by atoms with E-state index in [1.54, 1.807) is 6.07 Å². The second-order valence-electron chi connectivity index (χ2n) is 4.72. The van der Waals surface area contributed by atoms with Crippen molar-refractivity contribution in [1.82, 2.24) is 4.90 Å². The van der Waals surface area contributed by atoms with E-state index < -0.39 is 34.8 Å². The van der Waals surface area contributed by atoms with E-state index in [1.165, 1.54) is 19.3 Å². The third kappa shape index (κ3) is 1.49. The Balaban J connectivity index is 2.01. The number of hydrogen-bond acceptors (Lipinski definition) is 6. The second-order valence-corrected chi connectivity index (χ2v) is 4.72. The van der Waals surface area contributed by atoms with Crippen LogP contribution in [-0.2, 0) is 24.7 Å². The maximum absolute atomic E-state index is 12.2. The number of aliphatic hydroxyl groups is 1. The van der Waals surface area contributed by atoms with Crippen molar-refractivity contribution in [2.45, 2.75) is 25.4 Å². The minimum Gasteiger partial charge on any atom is -0.501 e. The van der Waals surface area contributed by atoms with Crippen molar-refractivity contribution in [2.75, 3.05) is 0 Å². The SMILES string of the molecule is CC1(c2ccco2)OC(N2C(=O)CCC2=O)=C(O)C1=O. The van der Waals surface area contributed by atoms with E-state index in [0.717, 1.165) is 0 Å². The smallest absolute Gasteiger partial charge is 0.253 e. The molecule has 1 atom stereocenters. The van der Waals surface area contributed by atoms with E-state index in [9.17, 15) is 19.5 Å². The van der Waals surface area contributed by atoms with Crippen LogP contribution in [-0.4, -0.2) is 27.6 Å². The fourth-order valence-electron chi connectivity index (χ4n) is 2.28. The van der Waals surface area contributed by atoms with Crippen LogP contribution in [0.3, 0.4) is 0 Å². The molecule has 0 bridgehead atoms. The van der Waals surface area contributed by atoms with Crippen LogP contribution < -0.4 is 0 Å². The summed E-state index contributed by atoms with van der Waals surface area (Å²) >= 11 is 0. The van der Waals surface area contributed by atoms with E-state index in [0.29, 0.717) is 4.90 Å². The molecule has 0 saturated carbocycles. The molecular formula is C13H11NO6. The van der Waals surface area contributed by atoms with Crippen LogP contribution in [0.15, 0.2) is 34.5 Å². The predicted octanol–water partition coefficient (Wildman–Crippen LogP) is 0.970. The summed E-state index contributed by atoms with van der Waals surface area (Å²) in [5.41, 5.74) is -1.58. The van der Waals surface area contributed by atoms with Gasteiger partial charge in [0.1, 0.15) is 0 Å². The zero-order valence-electron chi connectivity index (χ0n) is 10.6. The normalized spacial score (nSPS) is 26.6. The van der Waals surface area contributed by atoms with Gasteiger partial charge in [-0.1, -0.05) is 0 Å². The lowest BCUT2D eigenvalue weighted by Gasteiger charge is -2.22. The molecule has 2 aliphatic rings. The van der Waals surface area contributed by atoms with Crippen molar-refractivity contribution in [3.8, 4) is 0 Å². The highest BCUT2D eigenvalue weighted by molar-refractivity contribution is 6.07. The highest BCUT2D eigenvalue weighted by Gasteiger charge is 2.53. The van der Waals surface area contributed by atoms with Crippen LogP contribution >= 0.6 is 0 Å². The standard InChI is InChI=1S/C13H11NO6/c1-13(7-3-2-6-19-7)11(18)10(17)12(20-13)14-8(15)4-5-9(14)16/h2-3,6,17H,4-5H2,1H3. The zero-order chi connectivity index (χ0) is 14.5. The molecule has 3 rings (SSSR count). The van der Waals surface area contributed by atoms with Crippen LogP contribution in [0, 0.1) is 0 Å². The van der Waals surface area contributed by atoms with Gasteiger partial charge in [0, 0.05) is 12.8 Å². The molecule has 2 aliphatic heterocycles. The molecule has 1 unspecified atom stereocenters. The summed E-state index contributed by atoms with van der Waals surface area (Å²) in [6, 6.07) is 3.08. The largest absolute Gasteiger partial charge is 0.501 e. The molecule has 7 heteroatoms. The fraction of sp³-hybridized carbons (Fsp3) is 0.308. The maximum atomic E-state index is 12.2. The number of aliphatic hydroxyl groups excluding tert-OH is 1. The molecular weight excluding hydrogens is 266 g/mol. The molecule has 0 aromatic carbocycles. The molecule has 7 nitrogen and oxygen atoms in total. The summed E-state index contributed by atoms with van der Waals surface area (Å²) in [4.78, 5) is 36.2. The summed E-state index contributed by atoms with van der Waals surface area (Å²) in [5.74, 6) is -2.74. The van der Waals surface area contributed by atoms with Gasteiger partial charge in [-0.15, -0.1) is 0 Å². The number of rotatable bonds is 2. The highest BCUT2D eigenvalue weighted by atomic mass is 16.6. The van der Waals surface area contributed by atoms with Crippen molar-refractivity contribution >= 4 is 17.6 Å². The zero-order valence-corrected chi connectivity index (χ0v) is 10.6.